The van der Waals surface area contributed by atoms with E-state index in [0.29, 0.717) is 5.69 Å². The minimum Gasteiger partial charge on any atom is -0.490 e. The van der Waals surface area contributed by atoms with Gasteiger partial charge in [-0.15, -0.1) is 0 Å². The van der Waals surface area contributed by atoms with Gasteiger partial charge in [0.15, 0.2) is 5.82 Å². The van der Waals surface area contributed by atoms with Crippen LogP contribution < -0.4 is 15.8 Å². The third-order valence-electron chi connectivity index (χ3n) is 3.40. The van der Waals surface area contributed by atoms with Gasteiger partial charge in [0.25, 0.3) is 0 Å². The summed E-state index contributed by atoms with van der Waals surface area (Å²) in [6, 6.07) is 5.67. The molecule has 0 unspecified atom stereocenters. The van der Waals surface area contributed by atoms with Gasteiger partial charge in [-0.3, -0.25) is 9.51 Å². The molecule has 0 aliphatic rings. The molecule has 27 heavy (non-hydrogen) atoms. The van der Waals surface area contributed by atoms with E-state index in [9.17, 15) is 22.4 Å². The van der Waals surface area contributed by atoms with Crippen molar-refractivity contribution in [2.75, 3.05) is 18.6 Å². The molecule has 3 rings (SSSR count). The maximum absolute atomic E-state index is 12.7. The predicted molar refractivity (Wildman–Crippen MR) is 86.6 cm³/mol. The number of ether oxygens (including phenoxy) is 1. The van der Waals surface area contributed by atoms with Crippen LogP contribution in [-0.2, 0) is 6.18 Å². The van der Waals surface area contributed by atoms with Crippen LogP contribution >= 0.6 is 0 Å². The lowest BCUT2D eigenvalue weighted by Gasteiger charge is -2.14. The number of nitrogens with zero attached hydrogens (tertiary/aromatic N) is 2. The Kier molecular flexibility index (Phi) is 5.10. The highest BCUT2D eigenvalue weighted by molar-refractivity contribution is 5.79. The number of nitrogens with one attached hydrogen (secondary N) is 2. The Labute approximate surface area is 149 Å². The standard InChI is InChI=1S/C16H12F4N4O3/c17-6-8-26-11-5-7-21-13(12(11)14-23-15(25)27-24-14)22-10-3-1-9(2-4-10)16(18,19)20/h1-5,7H,6,8H2,(H,21,22)(H,23,24,25). The van der Waals surface area contributed by atoms with Gasteiger partial charge >= 0.3 is 11.9 Å². The molecule has 0 saturated carbocycles. The molecule has 0 amide bonds. The molecule has 0 saturated heterocycles. The molecule has 11 heteroatoms. The van der Waals surface area contributed by atoms with E-state index < -0.39 is 24.2 Å². The van der Waals surface area contributed by atoms with Crippen LogP contribution in [0.5, 0.6) is 5.75 Å². The smallest absolute Gasteiger partial charge is 0.439 e. The molecule has 3 aromatic rings. The fourth-order valence-corrected chi connectivity index (χ4v) is 2.25. The lowest BCUT2D eigenvalue weighted by molar-refractivity contribution is -0.137. The van der Waals surface area contributed by atoms with E-state index in [-0.39, 0.29) is 29.6 Å². The van der Waals surface area contributed by atoms with Crippen LogP contribution in [0.15, 0.2) is 45.8 Å². The Hall–Kier alpha value is -3.37. The number of hydrogen-bond acceptors (Lipinski definition) is 6. The minimum atomic E-state index is -4.46. The average molecular weight is 384 g/mol. The summed E-state index contributed by atoms with van der Waals surface area (Å²) in [5, 5.41) is 6.38. The number of alkyl halides is 4. The number of pyridine rings is 1. The molecule has 7 nitrogen and oxygen atoms in total. The van der Waals surface area contributed by atoms with Crippen molar-refractivity contribution in [3.05, 3.63) is 52.6 Å². The monoisotopic (exact) mass is 384 g/mol. The second-order valence-corrected chi connectivity index (χ2v) is 5.21. The van der Waals surface area contributed by atoms with Crippen molar-refractivity contribution in [2.24, 2.45) is 0 Å². The van der Waals surface area contributed by atoms with Crippen molar-refractivity contribution in [2.45, 2.75) is 6.18 Å². The molecule has 2 N–H and O–H groups in total. The molecule has 0 atom stereocenters. The molecule has 0 bridgehead atoms. The van der Waals surface area contributed by atoms with Crippen LogP contribution in [0, 0.1) is 0 Å². The molecule has 0 aliphatic carbocycles. The van der Waals surface area contributed by atoms with Gasteiger partial charge in [0.1, 0.15) is 30.4 Å². The van der Waals surface area contributed by atoms with Gasteiger partial charge in [-0.25, -0.2) is 14.2 Å². The van der Waals surface area contributed by atoms with Gasteiger partial charge in [0.05, 0.1) is 5.56 Å². The first-order chi connectivity index (χ1) is 12.9. The van der Waals surface area contributed by atoms with Crippen LogP contribution in [0.4, 0.5) is 29.1 Å². The number of rotatable bonds is 6. The van der Waals surface area contributed by atoms with Crippen LogP contribution in [0.2, 0.25) is 0 Å². The van der Waals surface area contributed by atoms with Crippen LogP contribution in [0.1, 0.15) is 5.56 Å². The third kappa shape index (κ3) is 4.25. The molecular weight excluding hydrogens is 372 g/mol. The minimum absolute atomic E-state index is 0.0311. The number of benzene rings is 1. The van der Waals surface area contributed by atoms with Crippen molar-refractivity contribution in [3.8, 4) is 17.1 Å². The summed E-state index contributed by atoms with van der Waals surface area (Å²) in [6.07, 6.45) is -3.11. The van der Waals surface area contributed by atoms with Crippen molar-refractivity contribution in [3.63, 3.8) is 0 Å². The van der Waals surface area contributed by atoms with E-state index in [1.54, 1.807) is 0 Å². The highest BCUT2D eigenvalue weighted by Gasteiger charge is 2.30. The van der Waals surface area contributed by atoms with Gasteiger partial charge in [-0.1, -0.05) is 5.16 Å². The Bertz CT molecular complexity index is 967. The third-order valence-corrected chi connectivity index (χ3v) is 3.40. The van der Waals surface area contributed by atoms with Gasteiger partial charge in [0.2, 0.25) is 0 Å². The predicted octanol–water partition coefficient (Wildman–Crippen LogP) is 3.54. The maximum Gasteiger partial charge on any atom is 0.439 e. The first kappa shape index (κ1) is 18.4. The number of anilines is 2. The van der Waals surface area contributed by atoms with E-state index in [4.69, 9.17) is 4.74 Å². The molecular formula is C16H12F4N4O3. The Morgan fingerprint density at radius 3 is 2.52 bits per heavy atom. The molecule has 2 aromatic heterocycles. The lowest BCUT2D eigenvalue weighted by Crippen LogP contribution is -2.06. The van der Waals surface area contributed by atoms with Crippen LogP contribution in [0.3, 0.4) is 0 Å². The lowest BCUT2D eigenvalue weighted by atomic mass is 10.2. The average Bonchev–Trinajstić information content (AvgIpc) is 3.05. The van der Waals surface area contributed by atoms with E-state index in [1.165, 1.54) is 24.4 Å². The Morgan fingerprint density at radius 2 is 1.93 bits per heavy atom. The van der Waals surface area contributed by atoms with E-state index >= 15 is 0 Å². The molecule has 142 valence electrons. The molecule has 2 heterocycles. The second-order valence-electron chi connectivity index (χ2n) is 5.21. The Balaban J connectivity index is 1.98. The van der Waals surface area contributed by atoms with Crippen molar-refractivity contribution >= 4 is 11.5 Å². The van der Waals surface area contributed by atoms with Crippen LogP contribution in [0.25, 0.3) is 11.4 Å². The first-order valence-corrected chi connectivity index (χ1v) is 7.57. The highest BCUT2D eigenvalue weighted by Crippen LogP contribution is 2.35. The number of halogens is 4. The normalized spacial score (nSPS) is 11.4. The quantitative estimate of drug-likeness (QED) is 0.632. The molecule has 0 spiro atoms. The summed E-state index contributed by atoms with van der Waals surface area (Å²) in [4.78, 5) is 17.7. The second kappa shape index (κ2) is 7.48. The first-order valence-electron chi connectivity index (χ1n) is 7.57. The number of H-pyrrole nitrogens is 1. The van der Waals surface area contributed by atoms with Gasteiger partial charge in [-0.05, 0) is 30.3 Å². The summed E-state index contributed by atoms with van der Waals surface area (Å²) in [6.45, 7) is -1.00. The number of aromatic nitrogens is 3. The summed E-state index contributed by atoms with van der Waals surface area (Å²) >= 11 is 0. The number of aromatic amines is 1. The van der Waals surface area contributed by atoms with Crippen molar-refractivity contribution < 1.29 is 26.8 Å². The SMILES string of the molecule is O=c1[nH]c(-c2c(OCCF)ccnc2Nc2ccc(C(F)(F)F)cc2)no1. The van der Waals surface area contributed by atoms with Crippen LogP contribution in [-0.4, -0.2) is 28.4 Å². The van der Waals surface area contributed by atoms with Crippen molar-refractivity contribution in [1.29, 1.82) is 0 Å². The maximum atomic E-state index is 12.7. The zero-order valence-electron chi connectivity index (χ0n) is 13.5. The molecule has 0 fully saturated rings. The topological polar surface area (TPSA) is 93.0 Å². The fraction of sp³-hybridized carbons (Fsp3) is 0.188. The summed E-state index contributed by atoms with van der Waals surface area (Å²) < 4.78 is 60.2. The van der Waals surface area contributed by atoms with Gasteiger partial charge < -0.3 is 10.1 Å². The summed E-state index contributed by atoms with van der Waals surface area (Å²) in [7, 11) is 0. The molecule has 0 aliphatic heterocycles. The Morgan fingerprint density at radius 1 is 1.19 bits per heavy atom. The highest BCUT2D eigenvalue weighted by atomic mass is 19.4. The summed E-state index contributed by atoms with van der Waals surface area (Å²) in [5.41, 5.74) is -0.343. The van der Waals surface area contributed by atoms with E-state index in [0.717, 1.165) is 12.1 Å². The zero-order chi connectivity index (χ0) is 19.4. The van der Waals surface area contributed by atoms with Gasteiger partial charge in [0, 0.05) is 11.9 Å². The molecule has 1 aromatic carbocycles. The molecule has 0 radical (unpaired) electrons. The van der Waals surface area contributed by atoms with Crippen molar-refractivity contribution in [1.82, 2.24) is 15.1 Å². The van der Waals surface area contributed by atoms with Gasteiger partial charge in [-0.2, -0.15) is 13.2 Å². The fourth-order valence-electron chi connectivity index (χ4n) is 2.25. The summed E-state index contributed by atoms with van der Waals surface area (Å²) in [5.74, 6) is -0.584. The zero-order valence-corrected chi connectivity index (χ0v) is 13.5. The van der Waals surface area contributed by atoms with E-state index in [1.807, 2.05) is 0 Å². The largest absolute Gasteiger partial charge is 0.490 e. The van der Waals surface area contributed by atoms with E-state index in [2.05, 4.69) is 25.0 Å². The number of hydrogen-bond donors (Lipinski definition) is 2.